The van der Waals surface area contributed by atoms with E-state index in [2.05, 4.69) is 15.3 Å². The summed E-state index contributed by atoms with van der Waals surface area (Å²) in [5.41, 5.74) is 7.48. The normalized spacial score (nSPS) is 20.5. The van der Waals surface area contributed by atoms with E-state index < -0.39 is 0 Å². The maximum atomic E-state index is 11.9. The number of nitrogen functional groups attached to an aromatic ring is 1. The van der Waals surface area contributed by atoms with Gasteiger partial charge in [0.05, 0.1) is 11.7 Å². The molecule has 6 nitrogen and oxygen atoms in total. The molecule has 2 aromatic heterocycles. The van der Waals surface area contributed by atoms with Crippen molar-refractivity contribution in [3.63, 3.8) is 0 Å². The molecule has 0 aliphatic carbocycles. The second-order valence-corrected chi connectivity index (χ2v) is 4.15. The van der Waals surface area contributed by atoms with Crippen LogP contribution >= 0.6 is 0 Å². The van der Waals surface area contributed by atoms with Crippen molar-refractivity contribution in [1.29, 1.82) is 0 Å². The van der Waals surface area contributed by atoms with Gasteiger partial charge < -0.3 is 11.1 Å². The lowest BCUT2D eigenvalue weighted by Crippen LogP contribution is -2.38. The van der Waals surface area contributed by atoms with Gasteiger partial charge in [-0.2, -0.15) is 0 Å². The second-order valence-electron chi connectivity index (χ2n) is 4.15. The summed E-state index contributed by atoms with van der Waals surface area (Å²) in [4.78, 5) is 20.1. The first-order valence-electron chi connectivity index (χ1n) is 5.62. The highest BCUT2D eigenvalue weighted by Gasteiger charge is 2.26. The Morgan fingerprint density at radius 1 is 1.53 bits per heavy atom. The molecule has 0 aromatic carbocycles. The number of hydrogen-bond donors (Lipinski definition) is 2. The number of anilines is 1. The minimum atomic E-state index is -0.254. The Morgan fingerprint density at radius 3 is 3.24 bits per heavy atom. The Labute approximate surface area is 97.8 Å². The number of nitrogens with one attached hydrogen (secondary N) is 1. The Morgan fingerprint density at radius 2 is 2.41 bits per heavy atom. The maximum absolute atomic E-state index is 11.9. The van der Waals surface area contributed by atoms with Gasteiger partial charge in [0.2, 0.25) is 11.9 Å². The molecular formula is C11H13N5O. The number of nitrogens with two attached hydrogens (primary N) is 1. The van der Waals surface area contributed by atoms with Crippen LogP contribution in [0.2, 0.25) is 0 Å². The summed E-state index contributed by atoms with van der Waals surface area (Å²) in [6.45, 7) is 0.740. The van der Waals surface area contributed by atoms with Crippen molar-refractivity contribution in [2.24, 2.45) is 0 Å². The topological polar surface area (TPSA) is 85.8 Å². The summed E-state index contributed by atoms with van der Waals surface area (Å²) in [6, 6.07) is 1.58. The van der Waals surface area contributed by atoms with Crippen molar-refractivity contribution in [2.75, 3.05) is 12.3 Å². The maximum Gasteiger partial charge on any atom is 0.243 e. The van der Waals surface area contributed by atoms with Gasteiger partial charge in [-0.1, -0.05) is 0 Å². The highest BCUT2D eigenvalue weighted by Crippen LogP contribution is 2.26. The number of amides is 1. The van der Waals surface area contributed by atoms with Crippen LogP contribution < -0.4 is 11.1 Å². The third-order valence-corrected chi connectivity index (χ3v) is 3.09. The zero-order valence-electron chi connectivity index (χ0n) is 9.26. The standard InChI is InChI=1S/C11H13N5O/c12-11-15-7-6-13-5-3-8(7)16(11)9-2-1-4-14-10(9)17/h3,5-6,9H,1-2,4H2,(H2,12,15)(H,14,17). The smallest absolute Gasteiger partial charge is 0.243 e. The first kappa shape index (κ1) is 10.1. The molecule has 3 heterocycles. The molecule has 6 heteroatoms. The van der Waals surface area contributed by atoms with Crippen molar-refractivity contribution in [3.8, 4) is 0 Å². The van der Waals surface area contributed by atoms with Crippen molar-refractivity contribution < 1.29 is 4.79 Å². The van der Waals surface area contributed by atoms with E-state index in [1.165, 1.54) is 0 Å². The Kier molecular flexibility index (Phi) is 2.21. The van der Waals surface area contributed by atoms with E-state index >= 15 is 0 Å². The predicted octanol–water partition coefficient (Wildman–Crippen LogP) is 0.465. The monoisotopic (exact) mass is 231 g/mol. The Hall–Kier alpha value is -2.11. The summed E-state index contributed by atoms with van der Waals surface area (Å²) < 4.78 is 1.80. The predicted molar refractivity (Wildman–Crippen MR) is 63.2 cm³/mol. The van der Waals surface area contributed by atoms with Crippen LogP contribution in [0.15, 0.2) is 18.5 Å². The van der Waals surface area contributed by atoms with Crippen LogP contribution in [0.1, 0.15) is 18.9 Å². The Balaban J connectivity index is 2.15. The zero-order valence-corrected chi connectivity index (χ0v) is 9.26. The molecule has 1 aliphatic rings. The zero-order chi connectivity index (χ0) is 11.8. The van der Waals surface area contributed by atoms with Crippen LogP contribution in [0, 0.1) is 0 Å². The number of rotatable bonds is 1. The fourth-order valence-corrected chi connectivity index (χ4v) is 2.30. The van der Waals surface area contributed by atoms with E-state index in [0.29, 0.717) is 5.95 Å². The fourth-order valence-electron chi connectivity index (χ4n) is 2.30. The van der Waals surface area contributed by atoms with Gasteiger partial charge in [0, 0.05) is 12.7 Å². The van der Waals surface area contributed by atoms with Crippen LogP contribution in [0.5, 0.6) is 0 Å². The molecule has 0 spiro atoms. The minimum Gasteiger partial charge on any atom is -0.369 e. The average molecular weight is 231 g/mol. The van der Waals surface area contributed by atoms with Crippen LogP contribution in [0.4, 0.5) is 5.95 Å². The molecule has 0 radical (unpaired) electrons. The van der Waals surface area contributed by atoms with Crippen LogP contribution in [0.25, 0.3) is 11.0 Å². The number of carbonyl (C=O) groups excluding carboxylic acids is 1. The lowest BCUT2D eigenvalue weighted by atomic mass is 10.1. The first-order valence-corrected chi connectivity index (χ1v) is 5.62. The van der Waals surface area contributed by atoms with Crippen LogP contribution in [-0.2, 0) is 4.79 Å². The lowest BCUT2D eigenvalue weighted by Gasteiger charge is -2.24. The number of imidazole rings is 1. The molecule has 1 amide bonds. The fraction of sp³-hybridized carbons (Fsp3) is 0.364. The van der Waals surface area contributed by atoms with Gasteiger partial charge in [0.1, 0.15) is 11.6 Å². The van der Waals surface area contributed by atoms with Crippen molar-refractivity contribution in [3.05, 3.63) is 18.5 Å². The summed E-state index contributed by atoms with van der Waals surface area (Å²) >= 11 is 0. The molecule has 3 rings (SSSR count). The Bertz CT molecular complexity index is 576. The molecule has 1 saturated heterocycles. The molecule has 1 atom stereocenters. The number of pyridine rings is 1. The number of nitrogens with zero attached hydrogens (tertiary/aromatic N) is 3. The molecule has 0 saturated carbocycles. The summed E-state index contributed by atoms with van der Waals surface area (Å²) in [5.74, 6) is 0.383. The van der Waals surface area contributed by atoms with E-state index in [0.717, 1.165) is 30.4 Å². The quantitative estimate of drug-likeness (QED) is 0.746. The summed E-state index contributed by atoms with van der Waals surface area (Å²) in [5, 5.41) is 2.85. The number of hydrogen-bond acceptors (Lipinski definition) is 4. The van der Waals surface area contributed by atoms with Gasteiger partial charge in [-0.25, -0.2) is 4.98 Å². The molecule has 2 aromatic rings. The molecule has 17 heavy (non-hydrogen) atoms. The third kappa shape index (κ3) is 1.52. The molecule has 0 bridgehead atoms. The number of fused-ring (bicyclic) bond motifs is 1. The highest BCUT2D eigenvalue weighted by molar-refractivity contribution is 5.85. The van der Waals surface area contributed by atoms with Gasteiger partial charge in [0.15, 0.2) is 0 Å². The van der Waals surface area contributed by atoms with Gasteiger partial charge in [-0.3, -0.25) is 14.3 Å². The van der Waals surface area contributed by atoms with E-state index in [-0.39, 0.29) is 11.9 Å². The van der Waals surface area contributed by atoms with Crippen molar-refractivity contribution >= 4 is 22.9 Å². The largest absolute Gasteiger partial charge is 0.369 e. The summed E-state index contributed by atoms with van der Waals surface area (Å²) in [7, 11) is 0. The highest BCUT2D eigenvalue weighted by atomic mass is 16.2. The molecule has 1 unspecified atom stereocenters. The average Bonchev–Trinajstić information content (AvgIpc) is 2.66. The number of aromatic nitrogens is 3. The van der Waals surface area contributed by atoms with Gasteiger partial charge in [0.25, 0.3) is 0 Å². The molecule has 3 N–H and O–H groups in total. The molecule has 1 aliphatic heterocycles. The number of piperidine rings is 1. The van der Waals surface area contributed by atoms with Crippen molar-refractivity contribution in [1.82, 2.24) is 19.9 Å². The van der Waals surface area contributed by atoms with E-state index in [1.54, 1.807) is 17.0 Å². The third-order valence-electron chi connectivity index (χ3n) is 3.09. The summed E-state index contributed by atoms with van der Waals surface area (Å²) in [6.07, 6.45) is 5.09. The number of carbonyl (C=O) groups is 1. The van der Waals surface area contributed by atoms with E-state index in [1.807, 2.05) is 6.07 Å². The minimum absolute atomic E-state index is 0.0130. The van der Waals surface area contributed by atoms with Gasteiger partial charge in [-0.15, -0.1) is 0 Å². The molecule has 88 valence electrons. The molecular weight excluding hydrogens is 218 g/mol. The van der Waals surface area contributed by atoms with Crippen LogP contribution in [0.3, 0.4) is 0 Å². The van der Waals surface area contributed by atoms with E-state index in [4.69, 9.17) is 5.73 Å². The van der Waals surface area contributed by atoms with Crippen molar-refractivity contribution in [2.45, 2.75) is 18.9 Å². The molecule has 1 fully saturated rings. The first-order chi connectivity index (χ1) is 8.27. The van der Waals surface area contributed by atoms with Gasteiger partial charge >= 0.3 is 0 Å². The van der Waals surface area contributed by atoms with Gasteiger partial charge in [-0.05, 0) is 18.9 Å². The second kappa shape index (κ2) is 3.73. The SMILES string of the molecule is Nc1nc2cnccc2n1C1CCCNC1=O. The van der Waals surface area contributed by atoms with E-state index in [9.17, 15) is 4.79 Å². The van der Waals surface area contributed by atoms with Crippen LogP contribution in [-0.4, -0.2) is 27.0 Å². The lowest BCUT2D eigenvalue weighted by molar-refractivity contribution is -0.125.